The summed E-state index contributed by atoms with van der Waals surface area (Å²) >= 11 is 0. The van der Waals surface area contributed by atoms with Crippen LogP contribution >= 0.6 is 0 Å². The second-order valence-corrected chi connectivity index (χ2v) is 2.85. The fourth-order valence-electron chi connectivity index (χ4n) is 1.23. The van der Waals surface area contributed by atoms with Crippen molar-refractivity contribution in [3.8, 4) is 17.2 Å². The lowest BCUT2D eigenvalue weighted by Crippen LogP contribution is -2.07. The van der Waals surface area contributed by atoms with Crippen molar-refractivity contribution in [2.75, 3.05) is 21.3 Å². The fourth-order valence-corrected chi connectivity index (χ4v) is 1.23. The highest BCUT2D eigenvalue weighted by molar-refractivity contribution is 5.94. The van der Waals surface area contributed by atoms with Crippen molar-refractivity contribution in [3.63, 3.8) is 0 Å². The average Bonchev–Trinajstić information content (AvgIpc) is 2.29. The minimum Gasteiger partial charge on any atom is -0.477 e. The third kappa shape index (κ3) is 3.23. The molecule has 0 bridgehead atoms. The zero-order chi connectivity index (χ0) is 13.5. The molecule has 1 aromatic rings. The topological polar surface area (TPSA) is 92.7 Å². The van der Waals surface area contributed by atoms with Crippen molar-refractivity contribution in [2.45, 2.75) is 0 Å². The summed E-state index contributed by atoms with van der Waals surface area (Å²) in [5, 5.41) is 9.08. The summed E-state index contributed by atoms with van der Waals surface area (Å²) in [5.41, 5.74) is -0.276. The van der Waals surface area contributed by atoms with E-state index in [1.807, 2.05) is 0 Å². The van der Waals surface area contributed by atoms with Gasteiger partial charge < -0.3 is 19.8 Å². The van der Waals surface area contributed by atoms with E-state index in [0.717, 1.165) is 0 Å². The SMILES string of the molecule is COOc1cc(OOC)c(C(=O)O)c(OOC)c1. The normalized spacial score (nSPS) is 9.94. The fraction of sp³-hybridized carbons (Fsp3) is 0.300. The molecule has 0 radical (unpaired) electrons. The van der Waals surface area contributed by atoms with Crippen molar-refractivity contribution in [3.05, 3.63) is 17.7 Å². The Morgan fingerprint density at radius 2 is 1.39 bits per heavy atom. The summed E-state index contributed by atoms with van der Waals surface area (Å²) in [5.74, 6) is -1.36. The molecule has 0 spiro atoms. The summed E-state index contributed by atoms with van der Waals surface area (Å²) < 4.78 is 0. The minimum absolute atomic E-state index is 0.119. The van der Waals surface area contributed by atoms with Crippen LogP contribution in [0.4, 0.5) is 0 Å². The first-order valence-corrected chi connectivity index (χ1v) is 4.67. The van der Waals surface area contributed by atoms with Crippen molar-refractivity contribution < 1.29 is 39.2 Å². The molecule has 8 heteroatoms. The average molecular weight is 260 g/mol. The molecule has 0 aliphatic carbocycles. The Labute approximate surface area is 102 Å². The summed E-state index contributed by atoms with van der Waals surface area (Å²) in [4.78, 5) is 38.6. The van der Waals surface area contributed by atoms with Gasteiger partial charge in [-0.3, -0.25) is 0 Å². The number of hydrogen-bond donors (Lipinski definition) is 1. The molecule has 0 atom stereocenters. The van der Waals surface area contributed by atoms with Gasteiger partial charge in [0.05, 0.1) is 21.3 Å². The Morgan fingerprint density at radius 1 is 0.944 bits per heavy atom. The van der Waals surface area contributed by atoms with Crippen LogP contribution in [0.25, 0.3) is 0 Å². The number of hydrogen-bond acceptors (Lipinski definition) is 7. The van der Waals surface area contributed by atoms with Gasteiger partial charge in [-0.1, -0.05) is 0 Å². The Morgan fingerprint density at radius 3 is 1.72 bits per heavy atom. The molecule has 0 fully saturated rings. The van der Waals surface area contributed by atoms with Crippen molar-refractivity contribution in [2.24, 2.45) is 0 Å². The maximum atomic E-state index is 11.1. The lowest BCUT2D eigenvalue weighted by atomic mass is 10.1. The van der Waals surface area contributed by atoms with Crippen molar-refractivity contribution >= 4 is 5.97 Å². The van der Waals surface area contributed by atoms with Gasteiger partial charge in [0, 0.05) is 12.1 Å². The first-order chi connectivity index (χ1) is 8.63. The second kappa shape index (κ2) is 6.64. The highest BCUT2D eigenvalue weighted by atomic mass is 17.2. The standard InChI is InChI=1S/C10H12O8/c1-13-16-6-4-7(17-14-2)9(10(11)12)8(5-6)18-15-3/h4-5H,1-3H3,(H,11,12). The van der Waals surface area contributed by atoms with E-state index in [2.05, 4.69) is 14.7 Å². The maximum Gasteiger partial charge on any atom is 0.343 e. The number of carboxylic acid groups (broad SMARTS) is 1. The van der Waals surface area contributed by atoms with E-state index in [0.29, 0.717) is 0 Å². The van der Waals surface area contributed by atoms with Gasteiger partial charge in [0.15, 0.2) is 22.8 Å². The van der Waals surface area contributed by atoms with Crippen LogP contribution in [-0.4, -0.2) is 32.4 Å². The summed E-state index contributed by atoms with van der Waals surface area (Å²) in [7, 11) is 3.75. The van der Waals surface area contributed by atoms with Gasteiger partial charge in [0.25, 0.3) is 0 Å². The third-order valence-electron chi connectivity index (χ3n) is 1.78. The second-order valence-electron chi connectivity index (χ2n) is 2.85. The van der Waals surface area contributed by atoms with E-state index < -0.39 is 5.97 Å². The molecule has 0 saturated carbocycles. The predicted octanol–water partition coefficient (Wildman–Crippen LogP) is 1.21. The summed E-state index contributed by atoms with van der Waals surface area (Å²) in [6.07, 6.45) is 0. The van der Waals surface area contributed by atoms with Gasteiger partial charge in [0.2, 0.25) is 0 Å². The molecule has 0 unspecified atom stereocenters. The molecule has 0 heterocycles. The number of carbonyl (C=O) groups is 1. The Hall–Kier alpha value is -2.03. The molecule has 0 saturated heterocycles. The molecule has 18 heavy (non-hydrogen) atoms. The molecule has 0 aliphatic rings. The van der Waals surface area contributed by atoms with Crippen LogP contribution in [0.1, 0.15) is 10.4 Å². The Kier molecular flexibility index (Phi) is 5.18. The Bertz CT molecular complexity index is 389. The molecule has 1 rings (SSSR count). The van der Waals surface area contributed by atoms with Gasteiger partial charge in [-0.25, -0.2) is 4.79 Å². The maximum absolute atomic E-state index is 11.1. The first-order valence-electron chi connectivity index (χ1n) is 4.67. The third-order valence-corrected chi connectivity index (χ3v) is 1.78. The molecule has 8 nitrogen and oxygen atoms in total. The van der Waals surface area contributed by atoms with Gasteiger partial charge in [0.1, 0.15) is 0 Å². The van der Waals surface area contributed by atoms with Gasteiger partial charge >= 0.3 is 5.97 Å². The molecule has 0 amide bonds. The van der Waals surface area contributed by atoms with Crippen LogP contribution in [0.2, 0.25) is 0 Å². The minimum atomic E-state index is -1.28. The molecule has 0 aromatic heterocycles. The summed E-state index contributed by atoms with van der Waals surface area (Å²) in [6.45, 7) is 0. The molecule has 100 valence electrons. The van der Waals surface area contributed by atoms with Crippen molar-refractivity contribution in [1.29, 1.82) is 0 Å². The molecular formula is C10H12O8. The summed E-state index contributed by atoms with van der Waals surface area (Å²) in [6, 6.07) is 2.53. The van der Waals surface area contributed by atoms with E-state index >= 15 is 0 Å². The monoisotopic (exact) mass is 260 g/mol. The highest BCUT2D eigenvalue weighted by Gasteiger charge is 2.22. The lowest BCUT2D eigenvalue weighted by Gasteiger charge is -2.11. The zero-order valence-electron chi connectivity index (χ0n) is 9.96. The lowest BCUT2D eigenvalue weighted by molar-refractivity contribution is -0.190. The van der Waals surface area contributed by atoms with E-state index in [9.17, 15) is 4.79 Å². The van der Waals surface area contributed by atoms with Crippen LogP contribution < -0.4 is 14.7 Å². The van der Waals surface area contributed by atoms with E-state index in [1.165, 1.54) is 33.5 Å². The van der Waals surface area contributed by atoms with Gasteiger partial charge in [-0.15, -0.1) is 0 Å². The number of rotatable bonds is 7. The van der Waals surface area contributed by atoms with Crippen LogP contribution in [0.3, 0.4) is 0 Å². The van der Waals surface area contributed by atoms with Crippen LogP contribution in [0.15, 0.2) is 12.1 Å². The molecule has 1 N–H and O–H groups in total. The quantitative estimate of drug-likeness (QED) is 0.577. The van der Waals surface area contributed by atoms with E-state index in [-0.39, 0.29) is 22.8 Å². The largest absolute Gasteiger partial charge is 0.477 e. The number of aromatic carboxylic acids is 1. The van der Waals surface area contributed by atoms with Gasteiger partial charge in [-0.2, -0.15) is 14.7 Å². The Balaban J connectivity index is 3.29. The highest BCUT2D eigenvalue weighted by Crippen LogP contribution is 2.34. The zero-order valence-corrected chi connectivity index (χ0v) is 9.96. The molecular weight excluding hydrogens is 248 g/mol. The van der Waals surface area contributed by atoms with E-state index in [4.69, 9.17) is 19.8 Å². The van der Waals surface area contributed by atoms with Crippen molar-refractivity contribution in [1.82, 2.24) is 0 Å². The number of carboxylic acids is 1. The first kappa shape index (κ1) is 14.0. The smallest absolute Gasteiger partial charge is 0.343 e. The number of benzene rings is 1. The molecule has 0 aliphatic heterocycles. The van der Waals surface area contributed by atoms with E-state index in [1.54, 1.807) is 0 Å². The van der Waals surface area contributed by atoms with Crippen LogP contribution in [0, 0.1) is 0 Å². The van der Waals surface area contributed by atoms with Gasteiger partial charge in [-0.05, 0) is 0 Å². The van der Waals surface area contributed by atoms with Crippen LogP contribution in [-0.2, 0) is 14.7 Å². The predicted molar refractivity (Wildman–Crippen MR) is 56.3 cm³/mol. The van der Waals surface area contributed by atoms with Crippen LogP contribution in [0.5, 0.6) is 17.2 Å². The molecule has 1 aromatic carbocycles.